The van der Waals surface area contributed by atoms with E-state index < -0.39 is 0 Å². The van der Waals surface area contributed by atoms with Gasteiger partial charge in [0, 0.05) is 12.5 Å². The van der Waals surface area contributed by atoms with Crippen LogP contribution in [0.15, 0.2) is 12.4 Å². The Kier molecular flexibility index (Phi) is 3.73. The van der Waals surface area contributed by atoms with Gasteiger partial charge in [0.15, 0.2) is 0 Å². The zero-order chi connectivity index (χ0) is 8.97. The lowest BCUT2D eigenvalue weighted by Gasteiger charge is -2.28. The van der Waals surface area contributed by atoms with Crippen molar-refractivity contribution in [2.24, 2.45) is 5.92 Å². The fourth-order valence-corrected chi connectivity index (χ4v) is 1.63. The molecule has 0 aromatic carbocycles. The van der Waals surface area contributed by atoms with Crippen LogP contribution in [0.25, 0.3) is 0 Å². The van der Waals surface area contributed by atoms with E-state index in [1.165, 1.54) is 19.3 Å². The van der Waals surface area contributed by atoms with Crippen LogP contribution in [0.1, 0.15) is 26.2 Å². The molecule has 1 aliphatic heterocycles. The highest BCUT2D eigenvalue weighted by Gasteiger charge is 2.14. The summed E-state index contributed by atoms with van der Waals surface area (Å²) < 4.78 is 12.6. The first-order chi connectivity index (χ1) is 5.70. The van der Waals surface area contributed by atoms with Crippen LogP contribution >= 0.6 is 0 Å². The molecule has 0 radical (unpaired) electrons. The highest BCUT2D eigenvalue weighted by Crippen LogP contribution is 2.15. The highest BCUT2D eigenvalue weighted by atomic mass is 19.1. The predicted molar refractivity (Wildman–Crippen MR) is 49.7 cm³/mol. The highest BCUT2D eigenvalue weighted by molar-refractivity contribution is 4.88. The SMILES string of the molecule is C=C(F)C(C)CN1CCCCC1. The first kappa shape index (κ1) is 9.72. The van der Waals surface area contributed by atoms with Crippen molar-refractivity contribution >= 4 is 0 Å². The van der Waals surface area contributed by atoms with Crippen molar-refractivity contribution in [3.05, 3.63) is 12.4 Å². The third-order valence-corrected chi connectivity index (χ3v) is 2.52. The second-order valence-electron chi connectivity index (χ2n) is 3.71. The Morgan fingerprint density at radius 3 is 2.50 bits per heavy atom. The van der Waals surface area contributed by atoms with Gasteiger partial charge in [-0.3, -0.25) is 0 Å². The summed E-state index contributed by atoms with van der Waals surface area (Å²) in [6.45, 7) is 8.34. The van der Waals surface area contributed by atoms with Crippen LogP contribution in [0.3, 0.4) is 0 Å². The molecule has 1 fully saturated rings. The molecule has 1 rings (SSSR count). The molecule has 2 heteroatoms. The normalized spacial score (nSPS) is 22.2. The van der Waals surface area contributed by atoms with E-state index in [2.05, 4.69) is 11.5 Å². The van der Waals surface area contributed by atoms with Gasteiger partial charge in [-0.15, -0.1) is 0 Å². The summed E-state index contributed by atoms with van der Waals surface area (Å²) in [7, 11) is 0. The second kappa shape index (κ2) is 4.61. The Labute approximate surface area is 74.3 Å². The lowest BCUT2D eigenvalue weighted by Crippen LogP contribution is -2.33. The molecule has 1 unspecified atom stereocenters. The summed E-state index contributed by atoms with van der Waals surface area (Å²) in [5.74, 6) is -0.177. The molecule has 70 valence electrons. The Morgan fingerprint density at radius 1 is 1.42 bits per heavy atom. The van der Waals surface area contributed by atoms with Crippen molar-refractivity contribution < 1.29 is 4.39 Å². The Balaban J connectivity index is 2.24. The maximum Gasteiger partial charge on any atom is 0.0968 e. The number of hydrogen-bond acceptors (Lipinski definition) is 1. The lowest BCUT2D eigenvalue weighted by molar-refractivity contribution is 0.202. The number of likely N-dealkylation sites (tertiary alicyclic amines) is 1. The first-order valence-corrected chi connectivity index (χ1v) is 4.77. The fraction of sp³-hybridized carbons (Fsp3) is 0.800. The molecule has 0 aromatic rings. The van der Waals surface area contributed by atoms with Crippen molar-refractivity contribution in [1.82, 2.24) is 4.90 Å². The van der Waals surface area contributed by atoms with Gasteiger partial charge in [-0.1, -0.05) is 19.9 Å². The minimum Gasteiger partial charge on any atom is -0.303 e. The molecule has 0 aromatic heterocycles. The molecule has 0 amide bonds. The molecule has 0 aliphatic carbocycles. The maximum atomic E-state index is 12.6. The summed E-state index contributed by atoms with van der Waals surface area (Å²) >= 11 is 0. The Hall–Kier alpha value is -0.370. The van der Waals surface area contributed by atoms with Gasteiger partial charge in [0.25, 0.3) is 0 Å². The van der Waals surface area contributed by atoms with E-state index in [0.717, 1.165) is 19.6 Å². The zero-order valence-electron chi connectivity index (χ0n) is 7.85. The molecule has 0 bridgehead atoms. The molecule has 0 saturated carbocycles. The predicted octanol–water partition coefficient (Wildman–Crippen LogP) is 2.59. The van der Waals surface area contributed by atoms with E-state index in [1.54, 1.807) is 0 Å². The first-order valence-electron chi connectivity index (χ1n) is 4.77. The van der Waals surface area contributed by atoms with E-state index in [4.69, 9.17) is 0 Å². The van der Waals surface area contributed by atoms with Crippen LogP contribution in [-0.2, 0) is 0 Å². The van der Waals surface area contributed by atoms with Gasteiger partial charge in [-0.25, -0.2) is 4.39 Å². The van der Waals surface area contributed by atoms with Crippen LogP contribution in [0.2, 0.25) is 0 Å². The summed E-state index contributed by atoms with van der Waals surface area (Å²) in [5, 5.41) is 0. The number of nitrogens with zero attached hydrogens (tertiary/aromatic N) is 1. The molecule has 1 aliphatic rings. The Morgan fingerprint density at radius 2 is 2.00 bits per heavy atom. The van der Waals surface area contributed by atoms with Crippen molar-refractivity contribution in [1.29, 1.82) is 0 Å². The third kappa shape index (κ3) is 2.94. The van der Waals surface area contributed by atoms with Gasteiger partial charge in [0.05, 0.1) is 5.83 Å². The molecule has 1 heterocycles. The van der Waals surface area contributed by atoms with Gasteiger partial charge in [0.1, 0.15) is 0 Å². The Bertz CT molecular complexity index is 150. The van der Waals surface area contributed by atoms with E-state index in [9.17, 15) is 4.39 Å². The minimum absolute atomic E-state index is 0.00287. The largest absolute Gasteiger partial charge is 0.303 e. The molecule has 12 heavy (non-hydrogen) atoms. The molecule has 1 atom stereocenters. The number of piperidine rings is 1. The molecule has 1 nitrogen and oxygen atoms in total. The number of rotatable bonds is 3. The molecule has 0 N–H and O–H groups in total. The van der Waals surface area contributed by atoms with Crippen molar-refractivity contribution in [3.8, 4) is 0 Å². The number of halogens is 1. The van der Waals surface area contributed by atoms with E-state index in [1.807, 2.05) is 6.92 Å². The molecular weight excluding hydrogens is 153 g/mol. The minimum atomic E-state index is -0.180. The van der Waals surface area contributed by atoms with Crippen LogP contribution < -0.4 is 0 Å². The van der Waals surface area contributed by atoms with Crippen LogP contribution in [0.4, 0.5) is 4.39 Å². The average molecular weight is 171 g/mol. The third-order valence-electron chi connectivity index (χ3n) is 2.52. The molecule has 0 spiro atoms. The summed E-state index contributed by atoms with van der Waals surface area (Å²) in [4.78, 5) is 2.33. The summed E-state index contributed by atoms with van der Waals surface area (Å²) in [5.41, 5.74) is 0. The van der Waals surface area contributed by atoms with Crippen molar-refractivity contribution in [2.45, 2.75) is 26.2 Å². The van der Waals surface area contributed by atoms with Crippen LogP contribution in [0, 0.1) is 5.92 Å². The number of hydrogen-bond donors (Lipinski definition) is 0. The van der Waals surface area contributed by atoms with Gasteiger partial charge < -0.3 is 4.90 Å². The molecule has 1 saturated heterocycles. The second-order valence-corrected chi connectivity index (χ2v) is 3.71. The van der Waals surface area contributed by atoms with Crippen LogP contribution in [-0.4, -0.2) is 24.5 Å². The topological polar surface area (TPSA) is 3.24 Å². The van der Waals surface area contributed by atoms with Gasteiger partial charge >= 0.3 is 0 Å². The van der Waals surface area contributed by atoms with Crippen LogP contribution in [0.5, 0.6) is 0 Å². The maximum absolute atomic E-state index is 12.6. The van der Waals surface area contributed by atoms with Gasteiger partial charge in [-0.2, -0.15) is 0 Å². The van der Waals surface area contributed by atoms with Crippen molar-refractivity contribution in [3.63, 3.8) is 0 Å². The van der Waals surface area contributed by atoms with E-state index >= 15 is 0 Å². The van der Waals surface area contributed by atoms with E-state index in [0.29, 0.717) is 0 Å². The fourth-order valence-electron chi connectivity index (χ4n) is 1.63. The summed E-state index contributed by atoms with van der Waals surface area (Å²) in [6, 6.07) is 0. The zero-order valence-corrected chi connectivity index (χ0v) is 7.85. The smallest absolute Gasteiger partial charge is 0.0968 e. The standard InChI is InChI=1S/C10H18FN/c1-9(10(2)11)8-12-6-4-3-5-7-12/h9H,2-8H2,1H3. The average Bonchev–Trinajstić information content (AvgIpc) is 2.06. The lowest BCUT2D eigenvalue weighted by atomic mass is 10.1. The quantitative estimate of drug-likeness (QED) is 0.631. The van der Waals surface area contributed by atoms with Gasteiger partial charge in [-0.05, 0) is 25.9 Å². The monoisotopic (exact) mass is 171 g/mol. The van der Waals surface area contributed by atoms with Crippen molar-refractivity contribution in [2.75, 3.05) is 19.6 Å². The molecular formula is C10H18FN. The van der Waals surface area contributed by atoms with Gasteiger partial charge in [0.2, 0.25) is 0 Å². The van der Waals surface area contributed by atoms with E-state index in [-0.39, 0.29) is 11.7 Å². The summed E-state index contributed by atoms with van der Waals surface area (Å²) in [6.07, 6.45) is 3.87.